The third kappa shape index (κ3) is 1.52. The summed E-state index contributed by atoms with van der Waals surface area (Å²) in [6, 6.07) is 0. The summed E-state index contributed by atoms with van der Waals surface area (Å²) in [7, 11) is 0. The lowest BCUT2D eigenvalue weighted by Crippen LogP contribution is -2.38. The summed E-state index contributed by atoms with van der Waals surface area (Å²) in [5, 5.41) is 3.09. The van der Waals surface area contributed by atoms with E-state index in [4.69, 9.17) is 0 Å². The molecule has 2 rings (SSSR count). The molecule has 1 amide bonds. The van der Waals surface area contributed by atoms with Crippen molar-refractivity contribution in [3.05, 3.63) is 12.2 Å². The Morgan fingerprint density at radius 2 is 2.00 bits per heavy atom. The van der Waals surface area contributed by atoms with Crippen molar-refractivity contribution in [1.29, 1.82) is 0 Å². The molecule has 0 heterocycles. The number of rotatable bonds is 2. The van der Waals surface area contributed by atoms with Crippen molar-refractivity contribution in [2.45, 2.75) is 38.1 Å². The fraction of sp³-hybridized carbons (Fsp3) is 0.700. The number of carbonyl (C=O) groups is 1. The molecule has 2 nitrogen and oxygen atoms in total. The molecule has 0 aromatic rings. The van der Waals surface area contributed by atoms with Crippen LogP contribution in [0.5, 0.6) is 0 Å². The minimum absolute atomic E-state index is 0.152. The SMILES string of the molecule is CC1(NC(=O)C2CC=CC2)CC1. The fourth-order valence-electron chi connectivity index (χ4n) is 1.54. The van der Waals surface area contributed by atoms with E-state index in [1.807, 2.05) is 0 Å². The van der Waals surface area contributed by atoms with Crippen LogP contribution in [0.25, 0.3) is 0 Å². The maximum atomic E-state index is 11.5. The van der Waals surface area contributed by atoms with Crippen LogP contribution in [0.15, 0.2) is 12.2 Å². The van der Waals surface area contributed by atoms with E-state index in [1.165, 1.54) is 0 Å². The molecule has 0 aliphatic heterocycles. The topological polar surface area (TPSA) is 29.1 Å². The van der Waals surface area contributed by atoms with E-state index < -0.39 is 0 Å². The summed E-state index contributed by atoms with van der Waals surface area (Å²) in [5.41, 5.74) is 0.152. The second-order valence-corrected chi connectivity index (χ2v) is 4.19. The van der Waals surface area contributed by atoms with Crippen molar-refractivity contribution in [1.82, 2.24) is 5.32 Å². The second kappa shape index (κ2) is 2.61. The van der Waals surface area contributed by atoms with Gasteiger partial charge in [-0.3, -0.25) is 4.79 Å². The Balaban J connectivity index is 1.84. The van der Waals surface area contributed by atoms with Gasteiger partial charge in [0.1, 0.15) is 0 Å². The van der Waals surface area contributed by atoms with Gasteiger partial charge in [0.15, 0.2) is 0 Å². The van der Waals surface area contributed by atoms with Crippen LogP contribution in [-0.2, 0) is 4.79 Å². The van der Waals surface area contributed by atoms with Crippen LogP contribution in [0.1, 0.15) is 32.6 Å². The van der Waals surface area contributed by atoms with E-state index in [2.05, 4.69) is 24.4 Å². The highest BCUT2D eigenvalue weighted by Gasteiger charge is 2.39. The zero-order chi connectivity index (χ0) is 8.60. The number of hydrogen-bond donors (Lipinski definition) is 1. The van der Waals surface area contributed by atoms with Gasteiger partial charge < -0.3 is 5.32 Å². The van der Waals surface area contributed by atoms with Crippen LogP contribution < -0.4 is 5.32 Å². The number of carbonyl (C=O) groups excluding carboxylic acids is 1. The van der Waals surface area contributed by atoms with Crippen molar-refractivity contribution in [3.63, 3.8) is 0 Å². The molecule has 12 heavy (non-hydrogen) atoms. The molecule has 2 aliphatic carbocycles. The molecule has 0 atom stereocenters. The molecule has 66 valence electrons. The van der Waals surface area contributed by atoms with Gasteiger partial charge in [0, 0.05) is 11.5 Å². The Morgan fingerprint density at radius 3 is 2.50 bits per heavy atom. The summed E-state index contributed by atoms with van der Waals surface area (Å²) < 4.78 is 0. The van der Waals surface area contributed by atoms with E-state index in [1.54, 1.807) is 0 Å². The average Bonchev–Trinajstić information content (AvgIpc) is 2.55. The van der Waals surface area contributed by atoms with Crippen LogP contribution in [-0.4, -0.2) is 11.4 Å². The van der Waals surface area contributed by atoms with Gasteiger partial charge in [0.05, 0.1) is 0 Å². The molecular formula is C10H15NO. The summed E-state index contributed by atoms with van der Waals surface area (Å²) in [6.45, 7) is 2.12. The first-order valence-corrected chi connectivity index (χ1v) is 4.67. The van der Waals surface area contributed by atoms with E-state index in [0.29, 0.717) is 0 Å². The van der Waals surface area contributed by atoms with Gasteiger partial charge in [-0.1, -0.05) is 12.2 Å². The Hall–Kier alpha value is -0.790. The lowest BCUT2D eigenvalue weighted by Gasteiger charge is -2.15. The quantitative estimate of drug-likeness (QED) is 0.619. The molecule has 1 N–H and O–H groups in total. The number of amides is 1. The monoisotopic (exact) mass is 165 g/mol. The normalized spacial score (nSPS) is 25.8. The zero-order valence-corrected chi connectivity index (χ0v) is 7.47. The summed E-state index contributed by atoms with van der Waals surface area (Å²) >= 11 is 0. The van der Waals surface area contributed by atoms with Crippen molar-refractivity contribution < 1.29 is 4.79 Å². The zero-order valence-electron chi connectivity index (χ0n) is 7.47. The van der Waals surface area contributed by atoms with Crippen LogP contribution in [0, 0.1) is 5.92 Å². The lowest BCUT2D eigenvalue weighted by molar-refractivity contribution is -0.125. The minimum Gasteiger partial charge on any atom is -0.351 e. The maximum Gasteiger partial charge on any atom is 0.224 e. The Morgan fingerprint density at radius 1 is 1.42 bits per heavy atom. The molecule has 2 aliphatic rings. The van der Waals surface area contributed by atoms with Crippen molar-refractivity contribution >= 4 is 5.91 Å². The van der Waals surface area contributed by atoms with Gasteiger partial charge in [0.25, 0.3) is 0 Å². The summed E-state index contributed by atoms with van der Waals surface area (Å²) in [6.07, 6.45) is 8.36. The van der Waals surface area contributed by atoms with Crippen molar-refractivity contribution in [2.24, 2.45) is 5.92 Å². The van der Waals surface area contributed by atoms with E-state index in [-0.39, 0.29) is 17.4 Å². The molecule has 0 unspecified atom stereocenters. The van der Waals surface area contributed by atoms with Gasteiger partial charge in [0.2, 0.25) is 5.91 Å². The predicted molar refractivity (Wildman–Crippen MR) is 47.6 cm³/mol. The largest absolute Gasteiger partial charge is 0.351 e. The van der Waals surface area contributed by atoms with Crippen LogP contribution in [0.3, 0.4) is 0 Å². The Bertz CT molecular complexity index is 220. The van der Waals surface area contributed by atoms with Gasteiger partial charge in [-0.15, -0.1) is 0 Å². The molecule has 0 aromatic carbocycles. The van der Waals surface area contributed by atoms with E-state index >= 15 is 0 Å². The minimum atomic E-state index is 0.152. The lowest BCUT2D eigenvalue weighted by atomic mass is 10.1. The highest BCUT2D eigenvalue weighted by Crippen LogP contribution is 2.35. The molecule has 1 saturated carbocycles. The number of allylic oxidation sites excluding steroid dienone is 2. The van der Waals surface area contributed by atoms with Gasteiger partial charge >= 0.3 is 0 Å². The molecule has 0 spiro atoms. The predicted octanol–water partition coefficient (Wildman–Crippen LogP) is 1.62. The number of hydrogen-bond acceptors (Lipinski definition) is 1. The van der Waals surface area contributed by atoms with E-state index in [0.717, 1.165) is 25.7 Å². The Labute approximate surface area is 73.0 Å². The molecule has 1 fully saturated rings. The second-order valence-electron chi connectivity index (χ2n) is 4.19. The first-order valence-electron chi connectivity index (χ1n) is 4.67. The molecular weight excluding hydrogens is 150 g/mol. The van der Waals surface area contributed by atoms with Crippen LogP contribution in [0.2, 0.25) is 0 Å². The first-order chi connectivity index (χ1) is 5.70. The highest BCUT2D eigenvalue weighted by atomic mass is 16.2. The average molecular weight is 165 g/mol. The molecule has 2 heteroatoms. The maximum absolute atomic E-state index is 11.5. The highest BCUT2D eigenvalue weighted by molar-refractivity contribution is 5.80. The molecule has 0 saturated heterocycles. The van der Waals surface area contributed by atoms with E-state index in [9.17, 15) is 4.79 Å². The smallest absolute Gasteiger partial charge is 0.224 e. The van der Waals surface area contributed by atoms with Gasteiger partial charge in [-0.05, 0) is 32.6 Å². The summed E-state index contributed by atoms with van der Waals surface area (Å²) in [4.78, 5) is 11.5. The van der Waals surface area contributed by atoms with Gasteiger partial charge in [-0.25, -0.2) is 0 Å². The third-order valence-corrected chi connectivity index (χ3v) is 2.80. The van der Waals surface area contributed by atoms with Crippen molar-refractivity contribution in [3.8, 4) is 0 Å². The molecule has 0 radical (unpaired) electrons. The van der Waals surface area contributed by atoms with Crippen molar-refractivity contribution in [2.75, 3.05) is 0 Å². The Kier molecular flexibility index (Phi) is 1.71. The molecule has 0 aromatic heterocycles. The molecule has 0 bridgehead atoms. The third-order valence-electron chi connectivity index (χ3n) is 2.80. The number of nitrogens with one attached hydrogen (secondary N) is 1. The van der Waals surface area contributed by atoms with Crippen LogP contribution >= 0.6 is 0 Å². The standard InChI is InChI=1S/C10H15NO/c1-10(6-7-10)11-9(12)8-4-2-3-5-8/h2-3,8H,4-7H2,1H3,(H,11,12). The first kappa shape index (κ1) is 7.84. The van der Waals surface area contributed by atoms with Crippen LogP contribution in [0.4, 0.5) is 0 Å². The fourth-order valence-corrected chi connectivity index (χ4v) is 1.54. The summed E-state index contributed by atoms with van der Waals surface area (Å²) in [5.74, 6) is 0.474. The van der Waals surface area contributed by atoms with Gasteiger partial charge in [-0.2, -0.15) is 0 Å².